The Labute approximate surface area is 202 Å². The van der Waals surface area contributed by atoms with Crippen LogP contribution >= 0.6 is 27.3 Å². The highest BCUT2D eigenvalue weighted by atomic mass is 79.9. The number of aromatic nitrogens is 4. The zero-order valence-electron chi connectivity index (χ0n) is 18.0. The molecule has 0 aliphatic heterocycles. The Morgan fingerprint density at radius 2 is 1.67 bits per heavy atom. The van der Waals surface area contributed by atoms with Crippen LogP contribution in [-0.4, -0.2) is 18.9 Å². The van der Waals surface area contributed by atoms with E-state index in [0.29, 0.717) is 5.69 Å². The number of hydrogen-bond donors (Lipinski definition) is 0. The summed E-state index contributed by atoms with van der Waals surface area (Å²) >= 11 is 4.97. The highest BCUT2D eigenvalue weighted by Gasteiger charge is 2.21. The van der Waals surface area contributed by atoms with Crippen LogP contribution in [0.1, 0.15) is 5.69 Å². The molecule has 2 aromatic carbocycles. The Hall–Kier alpha value is -3.49. The first-order valence-electron chi connectivity index (χ1n) is 10.3. The molecule has 0 aliphatic carbocycles. The van der Waals surface area contributed by atoms with Gasteiger partial charge in [-0.15, -0.1) is 11.3 Å². The Balaban J connectivity index is 1.82. The minimum atomic E-state index is -0.104. The number of nitrogens with zero attached hydrogens (tertiary/aromatic N) is 5. The zero-order valence-corrected chi connectivity index (χ0v) is 20.4. The predicted octanol–water partition coefficient (Wildman–Crippen LogP) is 5.39. The van der Waals surface area contributed by atoms with Gasteiger partial charge in [0.1, 0.15) is 5.69 Å². The second-order valence-corrected chi connectivity index (χ2v) is 9.23. The summed E-state index contributed by atoms with van der Waals surface area (Å²) in [6.07, 6.45) is 3.51. The van der Waals surface area contributed by atoms with Crippen LogP contribution in [0.15, 0.2) is 98.8 Å². The van der Waals surface area contributed by atoms with Crippen LogP contribution in [-0.2, 0) is 7.05 Å². The number of thiazole rings is 1. The van der Waals surface area contributed by atoms with Crippen molar-refractivity contribution in [1.29, 1.82) is 0 Å². The standard InChI is InChI=1S/C25H20BrN5OS/c1-17-23(24(32)31(29(17)2)21-6-4-3-5-7-21)30-22(18-12-14-27-15-13-18)16-33-25(30)28-20-10-8-19(26)9-11-20/h3-16H,1-2H3. The summed E-state index contributed by atoms with van der Waals surface area (Å²) < 4.78 is 6.52. The van der Waals surface area contributed by atoms with Gasteiger partial charge in [0.05, 0.1) is 22.8 Å². The van der Waals surface area contributed by atoms with Crippen molar-refractivity contribution in [1.82, 2.24) is 18.9 Å². The smallest absolute Gasteiger partial charge is 0.283 e. The van der Waals surface area contributed by atoms with Crippen LogP contribution in [0, 0.1) is 6.92 Å². The molecule has 0 spiro atoms. The van der Waals surface area contributed by atoms with E-state index in [-0.39, 0.29) is 5.56 Å². The lowest BCUT2D eigenvalue weighted by Crippen LogP contribution is -2.24. The van der Waals surface area contributed by atoms with Gasteiger partial charge in [0.25, 0.3) is 5.56 Å². The molecule has 0 saturated heterocycles. The van der Waals surface area contributed by atoms with Gasteiger partial charge >= 0.3 is 0 Å². The molecule has 0 radical (unpaired) electrons. The van der Waals surface area contributed by atoms with Gasteiger partial charge in [-0.1, -0.05) is 34.1 Å². The molecule has 0 N–H and O–H groups in total. The molecule has 0 unspecified atom stereocenters. The Morgan fingerprint density at radius 3 is 2.36 bits per heavy atom. The molecule has 6 nitrogen and oxygen atoms in total. The minimum absolute atomic E-state index is 0.104. The molecule has 3 aromatic heterocycles. The number of pyridine rings is 1. The first-order chi connectivity index (χ1) is 16.0. The van der Waals surface area contributed by atoms with Crippen molar-refractivity contribution in [3.63, 3.8) is 0 Å². The summed E-state index contributed by atoms with van der Waals surface area (Å²) in [6.45, 7) is 1.96. The van der Waals surface area contributed by atoms with Gasteiger partial charge in [0.2, 0.25) is 0 Å². The van der Waals surface area contributed by atoms with Crippen LogP contribution in [0.5, 0.6) is 0 Å². The third kappa shape index (κ3) is 3.92. The number of hydrogen-bond acceptors (Lipinski definition) is 4. The number of para-hydroxylation sites is 1. The first-order valence-corrected chi connectivity index (χ1v) is 12.0. The lowest BCUT2D eigenvalue weighted by Gasteiger charge is -2.08. The number of halogens is 1. The number of benzene rings is 2. The molecule has 33 heavy (non-hydrogen) atoms. The Morgan fingerprint density at radius 1 is 0.970 bits per heavy atom. The molecule has 0 bridgehead atoms. The lowest BCUT2D eigenvalue weighted by atomic mass is 10.2. The molecule has 8 heteroatoms. The molecule has 0 atom stereocenters. The fourth-order valence-corrected chi connectivity index (χ4v) is 4.94. The molecule has 5 rings (SSSR count). The van der Waals surface area contributed by atoms with Gasteiger partial charge in [-0.3, -0.25) is 19.0 Å². The van der Waals surface area contributed by atoms with Crippen LogP contribution in [0.3, 0.4) is 0 Å². The number of rotatable bonds is 4. The third-order valence-corrected chi connectivity index (χ3v) is 6.84. The van der Waals surface area contributed by atoms with Gasteiger partial charge in [0.15, 0.2) is 4.80 Å². The highest BCUT2D eigenvalue weighted by Crippen LogP contribution is 2.25. The predicted molar refractivity (Wildman–Crippen MR) is 136 cm³/mol. The van der Waals surface area contributed by atoms with Crippen LogP contribution < -0.4 is 10.4 Å². The van der Waals surface area contributed by atoms with Crippen molar-refractivity contribution in [2.24, 2.45) is 12.0 Å². The van der Waals surface area contributed by atoms with Gasteiger partial charge in [-0.05, 0) is 55.5 Å². The molecule has 5 aromatic rings. The molecule has 3 heterocycles. The average Bonchev–Trinajstić information content (AvgIpc) is 3.34. The summed E-state index contributed by atoms with van der Waals surface area (Å²) in [7, 11) is 1.90. The molecular weight excluding hydrogens is 498 g/mol. The first kappa shape index (κ1) is 21.4. The van der Waals surface area contributed by atoms with Crippen molar-refractivity contribution < 1.29 is 0 Å². The summed E-state index contributed by atoms with van der Waals surface area (Å²) in [5.74, 6) is 0. The largest absolute Gasteiger partial charge is 0.296 e. The average molecular weight is 518 g/mol. The quantitative estimate of drug-likeness (QED) is 0.320. The van der Waals surface area contributed by atoms with E-state index in [2.05, 4.69) is 20.9 Å². The van der Waals surface area contributed by atoms with Crippen molar-refractivity contribution in [3.05, 3.63) is 110 Å². The van der Waals surface area contributed by atoms with Crippen molar-refractivity contribution >= 4 is 33.0 Å². The van der Waals surface area contributed by atoms with E-state index in [4.69, 9.17) is 4.99 Å². The van der Waals surface area contributed by atoms with Crippen molar-refractivity contribution in [2.75, 3.05) is 0 Å². The van der Waals surface area contributed by atoms with Gasteiger partial charge in [-0.25, -0.2) is 9.67 Å². The Kier molecular flexibility index (Phi) is 5.70. The van der Waals surface area contributed by atoms with E-state index < -0.39 is 0 Å². The van der Waals surface area contributed by atoms with Crippen LogP contribution in [0.25, 0.3) is 22.6 Å². The van der Waals surface area contributed by atoms with E-state index in [9.17, 15) is 4.79 Å². The second-order valence-electron chi connectivity index (χ2n) is 7.47. The Bertz CT molecular complexity index is 1540. The fourth-order valence-electron chi connectivity index (χ4n) is 3.77. The summed E-state index contributed by atoms with van der Waals surface area (Å²) in [6, 6.07) is 21.3. The SMILES string of the molecule is Cc1c(-n2c(-c3ccncc3)csc2=Nc2ccc(Br)cc2)c(=O)n(-c2ccccc2)n1C. The van der Waals surface area contributed by atoms with E-state index in [1.54, 1.807) is 17.1 Å². The minimum Gasteiger partial charge on any atom is -0.283 e. The van der Waals surface area contributed by atoms with E-state index in [0.717, 1.165) is 37.6 Å². The van der Waals surface area contributed by atoms with Crippen molar-refractivity contribution in [2.45, 2.75) is 6.92 Å². The van der Waals surface area contributed by atoms with Gasteiger partial charge < -0.3 is 0 Å². The second kappa shape index (κ2) is 8.80. The fraction of sp³-hybridized carbons (Fsp3) is 0.0800. The molecular formula is C25H20BrN5OS. The van der Waals surface area contributed by atoms with Crippen LogP contribution in [0.2, 0.25) is 0 Å². The van der Waals surface area contributed by atoms with Gasteiger partial charge in [0, 0.05) is 34.9 Å². The topological polar surface area (TPSA) is 57.1 Å². The molecule has 0 fully saturated rings. The van der Waals surface area contributed by atoms with Gasteiger partial charge in [-0.2, -0.15) is 0 Å². The molecule has 0 aliphatic rings. The third-order valence-electron chi connectivity index (χ3n) is 5.48. The lowest BCUT2D eigenvalue weighted by molar-refractivity contribution is 0.630. The molecule has 0 saturated carbocycles. The normalized spacial score (nSPS) is 11.8. The van der Waals surface area contributed by atoms with E-state index >= 15 is 0 Å². The maximum Gasteiger partial charge on any atom is 0.296 e. The highest BCUT2D eigenvalue weighted by molar-refractivity contribution is 9.10. The van der Waals surface area contributed by atoms with Crippen molar-refractivity contribution in [3.8, 4) is 22.6 Å². The summed E-state index contributed by atoms with van der Waals surface area (Å²) in [5.41, 5.74) is 4.79. The van der Waals surface area contributed by atoms with Crippen LogP contribution in [0.4, 0.5) is 5.69 Å². The maximum atomic E-state index is 13.8. The van der Waals surface area contributed by atoms with E-state index in [1.807, 2.05) is 95.3 Å². The molecule has 0 amide bonds. The van der Waals surface area contributed by atoms with E-state index in [1.165, 1.54) is 11.3 Å². The summed E-state index contributed by atoms with van der Waals surface area (Å²) in [5, 5.41) is 2.03. The molecule has 164 valence electrons. The maximum absolute atomic E-state index is 13.8. The monoisotopic (exact) mass is 517 g/mol. The zero-order chi connectivity index (χ0) is 22.9. The summed E-state index contributed by atoms with van der Waals surface area (Å²) in [4.78, 5) is 23.6.